The number of hydrogen-bond acceptors (Lipinski definition) is 8. The molecule has 0 aliphatic carbocycles. The Hall–Kier alpha value is -2.85. The Kier molecular flexibility index (Phi) is 7.48. The Bertz CT molecular complexity index is 873. The monoisotopic (exact) mass is 464 g/mol. The maximum absolute atomic E-state index is 14.0. The third-order valence-corrected chi connectivity index (χ3v) is 5.58. The predicted octanol–water partition coefficient (Wildman–Crippen LogP) is 1.77. The zero-order valence-corrected chi connectivity index (χ0v) is 19.8. The number of esters is 1. The van der Waals surface area contributed by atoms with Crippen molar-refractivity contribution in [2.75, 3.05) is 53.7 Å². The van der Waals surface area contributed by atoms with Crippen LogP contribution in [0.15, 0.2) is 24.3 Å². The van der Waals surface area contributed by atoms with E-state index in [2.05, 4.69) is 0 Å². The number of hydrogen-bond donors (Lipinski definition) is 0. The van der Waals surface area contributed by atoms with Gasteiger partial charge >= 0.3 is 12.1 Å². The lowest BCUT2D eigenvalue weighted by Crippen LogP contribution is -2.72. The van der Waals surface area contributed by atoms with Gasteiger partial charge in [0.25, 0.3) is 5.91 Å². The molecule has 0 aromatic heterocycles. The average Bonchev–Trinajstić information content (AvgIpc) is 3.02. The van der Waals surface area contributed by atoms with Crippen LogP contribution in [0.5, 0.6) is 5.75 Å². The van der Waals surface area contributed by atoms with Crippen molar-refractivity contribution in [1.82, 2.24) is 9.80 Å². The first-order chi connectivity index (χ1) is 15.6. The third-order valence-electron chi connectivity index (χ3n) is 5.58. The van der Waals surface area contributed by atoms with Crippen molar-refractivity contribution < 1.29 is 38.1 Å². The summed E-state index contributed by atoms with van der Waals surface area (Å²) in [4.78, 5) is 42.4. The number of rotatable bonds is 4. The van der Waals surface area contributed by atoms with Crippen LogP contribution in [0.3, 0.4) is 0 Å². The SMILES string of the molecule is COC(=O)CN1C(=O)C2(COCCOC2)N(C(=O)OC(C)(C)C)CC1c1cccc(OC)c1. The summed E-state index contributed by atoms with van der Waals surface area (Å²) < 4.78 is 27.2. The number of carbonyl (C=O) groups is 3. The van der Waals surface area contributed by atoms with Gasteiger partial charge in [-0.3, -0.25) is 14.5 Å². The zero-order chi connectivity index (χ0) is 24.2. The van der Waals surface area contributed by atoms with E-state index in [1.54, 1.807) is 46.1 Å². The number of nitrogens with zero attached hydrogens (tertiary/aromatic N) is 2. The molecule has 0 saturated carbocycles. The minimum Gasteiger partial charge on any atom is -0.497 e. The van der Waals surface area contributed by atoms with E-state index >= 15 is 0 Å². The van der Waals surface area contributed by atoms with Crippen molar-refractivity contribution in [2.24, 2.45) is 0 Å². The van der Waals surface area contributed by atoms with Crippen LogP contribution in [-0.2, 0) is 28.5 Å². The van der Waals surface area contributed by atoms with Gasteiger partial charge < -0.3 is 28.6 Å². The van der Waals surface area contributed by atoms with E-state index in [1.165, 1.54) is 16.9 Å². The van der Waals surface area contributed by atoms with Gasteiger partial charge in [-0.05, 0) is 38.5 Å². The summed E-state index contributed by atoms with van der Waals surface area (Å²) in [5.74, 6) is -0.462. The fraction of sp³-hybridized carbons (Fsp3) is 0.609. The number of piperazine rings is 1. The number of amides is 2. The third kappa shape index (κ3) is 5.39. The molecule has 182 valence electrons. The Morgan fingerprint density at radius 1 is 1.15 bits per heavy atom. The smallest absolute Gasteiger partial charge is 0.411 e. The fourth-order valence-electron chi connectivity index (χ4n) is 3.98. The highest BCUT2D eigenvalue weighted by atomic mass is 16.6. The highest BCUT2D eigenvalue weighted by molar-refractivity contribution is 5.94. The Morgan fingerprint density at radius 2 is 1.82 bits per heavy atom. The van der Waals surface area contributed by atoms with E-state index in [1.807, 2.05) is 6.07 Å². The second-order valence-electron chi connectivity index (χ2n) is 9.03. The first kappa shape index (κ1) is 24.8. The molecule has 10 nitrogen and oxygen atoms in total. The molecule has 2 aliphatic heterocycles. The van der Waals surface area contributed by atoms with Gasteiger partial charge in [-0.15, -0.1) is 0 Å². The molecule has 10 heteroatoms. The summed E-state index contributed by atoms with van der Waals surface area (Å²) in [6.45, 7) is 5.46. The predicted molar refractivity (Wildman–Crippen MR) is 117 cm³/mol. The maximum atomic E-state index is 14.0. The van der Waals surface area contributed by atoms with E-state index in [0.29, 0.717) is 11.3 Å². The highest BCUT2D eigenvalue weighted by Gasteiger charge is 2.57. The number of methoxy groups -OCH3 is 2. The number of ether oxygens (including phenoxy) is 5. The topological polar surface area (TPSA) is 104 Å². The number of carbonyl (C=O) groups excluding carboxylic acids is 3. The lowest BCUT2D eigenvalue weighted by molar-refractivity contribution is -0.168. The Morgan fingerprint density at radius 3 is 2.39 bits per heavy atom. The summed E-state index contributed by atoms with van der Waals surface area (Å²) in [6.07, 6.45) is -0.657. The van der Waals surface area contributed by atoms with Crippen molar-refractivity contribution in [3.8, 4) is 5.75 Å². The van der Waals surface area contributed by atoms with E-state index in [4.69, 9.17) is 23.7 Å². The van der Waals surface area contributed by atoms with Crippen LogP contribution in [-0.4, -0.2) is 92.6 Å². The molecule has 1 aromatic rings. The van der Waals surface area contributed by atoms with Gasteiger partial charge in [-0.25, -0.2) is 4.79 Å². The molecule has 0 bridgehead atoms. The number of benzene rings is 1. The first-order valence-electron chi connectivity index (χ1n) is 10.8. The van der Waals surface area contributed by atoms with E-state index in [0.717, 1.165) is 0 Å². The summed E-state index contributed by atoms with van der Waals surface area (Å²) in [7, 11) is 2.80. The van der Waals surface area contributed by atoms with E-state index in [9.17, 15) is 14.4 Å². The van der Waals surface area contributed by atoms with Crippen LogP contribution < -0.4 is 4.74 Å². The lowest BCUT2D eigenvalue weighted by Gasteiger charge is -2.51. The summed E-state index contributed by atoms with van der Waals surface area (Å²) in [5.41, 5.74) is -1.55. The summed E-state index contributed by atoms with van der Waals surface area (Å²) >= 11 is 0. The van der Waals surface area contributed by atoms with Crippen molar-refractivity contribution >= 4 is 18.0 Å². The van der Waals surface area contributed by atoms with E-state index < -0.39 is 35.2 Å². The summed E-state index contributed by atoms with van der Waals surface area (Å²) in [5, 5.41) is 0. The normalized spacial score (nSPS) is 20.9. The van der Waals surface area contributed by atoms with Gasteiger partial charge in [-0.2, -0.15) is 0 Å². The molecule has 2 amide bonds. The molecule has 3 rings (SSSR count). The molecular formula is C23H32N2O8. The van der Waals surface area contributed by atoms with E-state index in [-0.39, 0.29) is 39.5 Å². The Labute approximate surface area is 193 Å². The molecule has 33 heavy (non-hydrogen) atoms. The zero-order valence-electron chi connectivity index (χ0n) is 19.8. The molecule has 2 heterocycles. The minimum absolute atomic E-state index is 0.0670. The first-order valence-corrected chi connectivity index (χ1v) is 10.8. The maximum Gasteiger partial charge on any atom is 0.411 e. The van der Waals surface area contributed by atoms with Crippen molar-refractivity contribution in [3.05, 3.63) is 29.8 Å². The molecular weight excluding hydrogens is 432 g/mol. The van der Waals surface area contributed by atoms with Crippen LogP contribution in [0.4, 0.5) is 4.79 Å². The standard InChI is InChI=1S/C23H32N2O8/c1-22(2,3)33-21(28)25-12-18(16-7-6-8-17(11-16)29-4)24(13-19(26)30-5)20(27)23(25)14-31-9-10-32-15-23/h6-8,11,18H,9-10,12-15H2,1-5H3. The lowest BCUT2D eigenvalue weighted by atomic mass is 9.89. The van der Waals surface area contributed by atoms with Gasteiger partial charge in [0, 0.05) is 6.54 Å². The molecule has 2 aliphatic rings. The van der Waals surface area contributed by atoms with Gasteiger partial charge in [0.2, 0.25) is 0 Å². The molecule has 2 saturated heterocycles. The summed E-state index contributed by atoms with van der Waals surface area (Å²) in [6, 6.07) is 6.51. The van der Waals surface area contributed by atoms with Crippen LogP contribution >= 0.6 is 0 Å². The van der Waals surface area contributed by atoms with Crippen LogP contribution in [0.25, 0.3) is 0 Å². The molecule has 0 N–H and O–H groups in total. The van der Waals surface area contributed by atoms with Crippen molar-refractivity contribution in [3.63, 3.8) is 0 Å². The van der Waals surface area contributed by atoms with Gasteiger partial charge in [0.1, 0.15) is 17.9 Å². The average molecular weight is 465 g/mol. The van der Waals surface area contributed by atoms with Gasteiger partial charge in [0.05, 0.1) is 46.7 Å². The van der Waals surface area contributed by atoms with Crippen molar-refractivity contribution in [2.45, 2.75) is 38.0 Å². The molecule has 1 spiro atoms. The van der Waals surface area contributed by atoms with Crippen LogP contribution in [0.2, 0.25) is 0 Å². The Balaban J connectivity index is 2.09. The fourth-order valence-corrected chi connectivity index (χ4v) is 3.98. The second kappa shape index (κ2) is 9.96. The minimum atomic E-state index is -1.47. The molecule has 0 radical (unpaired) electrons. The van der Waals surface area contributed by atoms with Gasteiger partial charge in [-0.1, -0.05) is 12.1 Å². The molecule has 1 unspecified atom stereocenters. The van der Waals surface area contributed by atoms with Crippen LogP contribution in [0, 0.1) is 0 Å². The van der Waals surface area contributed by atoms with Crippen molar-refractivity contribution in [1.29, 1.82) is 0 Å². The highest BCUT2D eigenvalue weighted by Crippen LogP contribution is 2.37. The molecule has 1 aromatic carbocycles. The molecule has 1 atom stereocenters. The largest absolute Gasteiger partial charge is 0.497 e. The van der Waals surface area contributed by atoms with Gasteiger partial charge in [0.15, 0.2) is 5.54 Å². The van der Waals surface area contributed by atoms with Crippen LogP contribution in [0.1, 0.15) is 32.4 Å². The molecule has 2 fully saturated rings. The quantitative estimate of drug-likeness (QED) is 0.621. The second-order valence-corrected chi connectivity index (χ2v) is 9.03.